The molecule has 0 aliphatic heterocycles. The second kappa shape index (κ2) is 5.53. The minimum atomic E-state index is 0.213. The third-order valence-electron chi connectivity index (χ3n) is 2.64. The maximum absolute atomic E-state index is 4.48. The first-order chi connectivity index (χ1) is 8.60. The summed E-state index contributed by atoms with van der Waals surface area (Å²) in [6.45, 7) is 7.08. The Balaban J connectivity index is 2.20. The Hall–Kier alpha value is -1.34. The number of tetrazole rings is 1. The van der Waals surface area contributed by atoms with Gasteiger partial charge in [0.25, 0.3) is 0 Å². The van der Waals surface area contributed by atoms with E-state index in [0.717, 1.165) is 29.5 Å². The maximum atomic E-state index is 4.48. The lowest BCUT2D eigenvalue weighted by atomic mass is 10.1. The van der Waals surface area contributed by atoms with E-state index in [0.29, 0.717) is 0 Å². The molecule has 2 rings (SSSR count). The summed E-state index contributed by atoms with van der Waals surface area (Å²) < 4.78 is 0. The quantitative estimate of drug-likeness (QED) is 0.880. The van der Waals surface area contributed by atoms with Crippen LogP contribution in [-0.4, -0.2) is 31.7 Å². The molecule has 1 atom stereocenters. The Morgan fingerprint density at radius 3 is 2.67 bits per heavy atom. The van der Waals surface area contributed by atoms with E-state index >= 15 is 0 Å². The highest BCUT2D eigenvalue weighted by Crippen LogP contribution is 2.26. The lowest BCUT2D eigenvalue weighted by Crippen LogP contribution is -2.23. The summed E-state index contributed by atoms with van der Waals surface area (Å²) in [5, 5.41) is 16.7. The maximum Gasteiger partial charge on any atom is 0.176 e. The first-order valence-electron chi connectivity index (χ1n) is 6.00. The molecule has 0 fully saturated rings. The summed E-state index contributed by atoms with van der Waals surface area (Å²) >= 11 is 1.73. The van der Waals surface area contributed by atoms with Crippen LogP contribution in [0.25, 0.3) is 0 Å². The molecule has 0 spiro atoms. The first kappa shape index (κ1) is 13.1. The van der Waals surface area contributed by atoms with Gasteiger partial charge in [-0.15, -0.1) is 21.5 Å². The minimum Gasteiger partial charge on any atom is -0.309 e. The average molecular weight is 266 g/mol. The number of nitrogens with zero attached hydrogens (tertiary/aromatic N) is 5. The van der Waals surface area contributed by atoms with Crippen molar-refractivity contribution >= 4 is 11.3 Å². The number of hydrogen-bond acceptors (Lipinski definition) is 6. The first-order valence-corrected chi connectivity index (χ1v) is 6.82. The Labute approximate surface area is 110 Å². The van der Waals surface area contributed by atoms with Gasteiger partial charge >= 0.3 is 0 Å². The number of aryl methyl sites for hydroxylation is 3. The van der Waals surface area contributed by atoms with Gasteiger partial charge in [0.15, 0.2) is 5.82 Å². The summed E-state index contributed by atoms with van der Waals surface area (Å²) in [6, 6.07) is 0.213. The van der Waals surface area contributed by atoms with Crippen LogP contribution in [0.5, 0.6) is 0 Å². The van der Waals surface area contributed by atoms with Gasteiger partial charge in [0.2, 0.25) is 0 Å². The van der Waals surface area contributed by atoms with Gasteiger partial charge in [0, 0.05) is 11.3 Å². The molecule has 0 aliphatic carbocycles. The normalized spacial score (nSPS) is 12.9. The zero-order chi connectivity index (χ0) is 13.1. The van der Waals surface area contributed by atoms with Crippen molar-refractivity contribution in [3.8, 4) is 0 Å². The molecule has 0 saturated carbocycles. The van der Waals surface area contributed by atoms with Gasteiger partial charge in [-0.1, -0.05) is 6.92 Å². The molecule has 0 saturated heterocycles. The molecule has 1 unspecified atom stereocenters. The summed E-state index contributed by atoms with van der Waals surface area (Å²) in [4.78, 5) is 7.23. The van der Waals surface area contributed by atoms with Crippen molar-refractivity contribution in [1.82, 2.24) is 30.5 Å². The molecule has 1 N–H and O–H groups in total. The van der Waals surface area contributed by atoms with Crippen LogP contribution >= 0.6 is 11.3 Å². The van der Waals surface area contributed by atoms with E-state index in [-0.39, 0.29) is 6.04 Å². The van der Waals surface area contributed by atoms with Crippen molar-refractivity contribution in [1.29, 1.82) is 0 Å². The van der Waals surface area contributed by atoms with Crippen LogP contribution in [0.1, 0.15) is 34.4 Å². The van der Waals surface area contributed by atoms with Crippen LogP contribution in [0.15, 0.2) is 0 Å². The standard InChI is InChI=1S/C11H18N6S/c1-5-12-9(6-10-14-16-17(4)15-10)11-7(2)13-8(3)18-11/h9,12H,5-6H2,1-4H3. The molecular formula is C11H18N6S. The molecule has 0 amide bonds. The monoisotopic (exact) mass is 266 g/mol. The van der Waals surface area contributed by atoms with Crippen molar-refractivity contribution in [3.05, 3.63) is 21.4 Å². The number of nitrogens with one attached hydrogen (secondary N) is 1. The molecule has 18 heavy (non-hydrogen) atoms. The van der Waals surface area contributed by atoms with Crippen LogP contribution in [0.2, 0.25) is 0 Å². The predicted molar refractivity (Wildman–Crippen MR) is 70.5 cm³/mol. The number of rotatable bonds is 5. The molecular weight excluding hydrogens is 248 g/mol. The molecule has 98 valence electrons. The number of likely N-dealkylation sites (N-methyl/N-ethyl adjacent to an activating group) is 1. The largest absolute Gasteiger partial charge is 0.309 e. The number of aromatic nitrogens is 5. The fourth-order valence-corrected chi connectivity index (χ4v) is 2.97. The van der Waals surface area contributed by atoms with Gasteiger partial charge in [-0.3, -0.25) is 0 Å². The Bertz CT molecular complexity index is 517. The van der Waals surface area contributed by atoms with Gasteiger partial charge in [-0.25, -0.2) is 4.98 Å². The van der Waals surface area contributed by atoms with E-state index in [4.69, 9.17) is 0 Å². The zero-order valence-corrected chi connectivity index (χ0v) is 12.0. The van der Waals surface area contributed by atoms with Crippen molar-refractivity contribution in [2.45, 2.75) is 33.2 Å². The zero-order valence-electron chi connectivity index (χ0n) is 11.1. The molecule has 2 aromatic rings. The van der Waals surface area contributed by atoms with E-state index in [1.165, 1.54) is 9.67 Å². The second-order valence-electron chi connectivity index (χ2n) is 4.19. The second-order valence-corrected chi connectivity index (χ2v) is 5.43. The lowest BCUT2D eigenvalue weighted by Gasteiger charge is -2.14. The van der Waals surface area contributed by atoms with Gasteiger partial charge in [0.05, 0.1) is 23.8 Å². The predicted octanol–water partition coefficient (Wildman–Crippen LogP) is 1.18. The highest BCUT2D eigenvalue weighted by Gasteiger charge is 2.19. The van der Waals surface area contributed by atoms with E-state index in [9.17, 15) is 0 Å². The lowest BCUT2D eigenvalue weighted by molar-refractivity contribution is 0.539. The van der Waals surface area contributed by atoms with E-state index in [2.05, 4.69) is 32.6 Å². The Kier molecular flexibility index (Phi) is 4.03. The molecule has 0 bridgehead atoms. The summed E-state index contributed by atoms with van der Waals surface area (Å²) in [7, 11) is 1.78. The highest BCUT2D eigenvalue weighted by molar-refractivity contribution is 7.11. The molecule has 7 heteroatoms. The molecule has 0 radical (unpaired) electrons. The Morgan fingerprint density at radius 2 is 2.17 bits per heavy atom. The average Bonchev–Trinajstić information content (AvgIpc) is 2.84. The summed E-state index contributed by atoms with van der Waals surface area (Å²) in [5.74, 6) is 0.758. The molecule has 6 nitrogen and oxygen atoms in total. The third kappa shape index (κ3) is 2.91. The van der Waals surface area contributed by atoms with Crippen LogP contribution < -0.4 is 5.32 Å². The van der Waals surface area contributed by atoms with Crippen LogP contribution in [0.4, 0.5) is 0 Å². The van der Waals surface area contributed by atoms with Crippen LogP contribution in [0, 0.1) is 13.8 Å². The van der Waals surface area contributed by atoms with Crippen molar-refractivity contribution < 1.29 is 0 Å². The number of hydrogen-bond donors (Lipinski definition) is 1. The van der Waals surface area contributed by atoms with Gasteiger partial charge < -0.3 is 5.32 Å². The van der Waals surface area contributed by atoms with E-state index < -0.39 is 0 Å². The minimum absolute atomic E-state index is 0.213. The Morgan fingerprint density at radius 1 is 1.39 bits per heavy atom. The van der Waals surface area contributed by atoms with Gasteiger partial charge in [-0.2, -0.15) is 4.80 Å². The summed E-state index contributed by atoms with van der Waals surface area (Å²) in [6.07, 6.45) is 0.740. The molecule has 0 aliphatic rings. The highest BCUT2D eigenvalue weighted by atomic mass is 32.1. The van der Waals surface area contributed by atoms with Crippen molar-refractivity contribution in [3.63, 3.8) is 0 Å². The SMILES string of the molecule is CCNC(Cc1nnn(C)n1)c1sc(C)nc1C. The number of thiazole rings is 1. The summed E-state index contributed by atoms with van der Waals surface area (Å²) in [5.41, 5.74) is 1.09. The molecule has 2 aromatic heterocycles. The van der Waals surface area contributed by atoms with Crippen LogP contribution in [-0.2, 0) is 13.5 Å². The van der Waals surface area contributed by atoms with Gasteiger partial charge in [-0.05, 0) is 25.6 Å². The topological polar surface area (TPSA) is 68.5 Å². The van der Waals surface area contributed by atoms with Crippen molar-refractivity contribution in [2.75, 3.05) is 6.54 Å². The fourth-order valence-electron chi connectivity index (χ4n) is 1.96. The third-order valence-corrected chi connectivity index (χ3v) is 3.83. The molecule has 0 aromatic carbocycles. The molecule has 2 heterocycles. The van der Waals surface area contributed by atoms with Gasteiger partial charge in [0.1, 0.15) is 0 Å². The van der Waals surface area contributed by atoms with E-state index in [1.54, 1.807) is 18.4 Å². The fraction of sp³-hybridized carbons (Fsp3) is 0.636. The van der Waals surface area contributed by atoms with Crippen LogP contribution in [0.3, 0.4) is 0 Å². The van der Waals surface area contributed by atoms with E-state index in [1.807, 2.05) is 13.8 Å². The van der Waals surface area contributed by atoms with Crippen molar-refractivity contribution in [2.24, 2.45) is 7.05 Å². The smallest absolute Gasteiger partial charge is 0.176 e.